The lowest BCUT2D eigenvalue weighted by molar-refractivity contribution is -0.118. The van der Waals surface area contributed by atoms with E-state index < -0.39 is 0 Å². The number of carbonyl (C=O) groups excluding carboxylic acids is 1. The van der Waals surface area contributed by atoms with Crippen LogP contribution in [0.3, 0.4) is 0 Å². The first-order chi connectivity index (χ1) is 9.04. The van der Waals surface area contributed by atoms with Crippen molar-refractivity contribution in [2.45, 2.75) is 32.4 Å². The second-order valence-electron chi connectivity index (χ2n) is 5.47. The van der Waals surface area contributed by atoms with Gasteiger partial charge in [0.15, 0.2) is 0 Å². The molecule has 19 heavy (non-hydrogen) atoms. The summed E-state index contributed by atoms with van der Waals surface area (Å²) in [4.78, 5) is 13.2. The fraction of sp³-hybridized carbons (Fsp3) is 0.692. The first kappa shape index (κ1) is 13.9. The van der Waals surface area contributed by atoms with Gasteiger partial charge in [-0.2, -0.15) is 5.10 Å². The summed E-state index contributed by atoms with van der Waals surface area (Å²) in [6, 6.07) is 0.417. The lowest BCUT2D eigenvalue weighted by atomic mass is 9.90. The van der Waals surface area contributed by atoms with Gasteiger partial charge in [-0.25, -0.2) is 0 Å². The van der Waals surface area contributed by atoms with Crippen LogP contribution in [0.15, 0.2) is 12.4 Å². The largest absolute Gasteiger partial charge is 0.380 e. The van der Waals surface area contributed by atoms with Gasteiger partial charge in [-0.05, 0) is 45.8 Å². The third-order valence-electron chi connectivity index (χ3n) is 3.82. The third kappa shape index (κ3) is 3.96. The number of nitrogens with zero attached hydrogens (tertiary/aromatic N) is 3. The van der Waals surface area contributed by atoms with Gasteiger partial charge in [-0.1, -0.05) is 0 Å². The number of rotatable bonds is 5. The molecule has 2 heterocycles. The summed E-state index contributed by atoms with van der Waals surface area (Å²) in [5.41, 5.74) is 6.09. The summed E-state index contributed by atoms with van der Waals surface area (Å²) in [5.74, 6) is 0.314. The number of piperidine rings is 1. The summed E-state index contributed by atoms with van der Waals surface area (Å²) in [6.07, 6.45) is 6.02. The van der Waals surface area contributed by atoms with E-state index in [4.69, 9.17) is 5.73 Å². The quantitative estimate of drug-likeness (QED) is 0.813. The molecule has 106 valence electrons. The number of primary amides is 1. The minimum Gasteiger partial charge on any atom is -0.380 e. The lowest BCUT2D eigenvalue weighted by Gasteiger charge is -2.33. The lowest BCUT2D eigenvalue weighted by Crippen LogP contribution is -2.37. The molecule has 6 heteroatoms. The highest BCUT2D eigenvalue weighted by atomic mass is 16.1. The van der Waals surface area contributed by atoms with E-state index in [1.165, 1.54) is 12.8 Å². The highest BCUT2D eigenvalue weighted by molar-refractivity contribution is 5.73. The molecule has 1 amide bonds. The number of nitrogens with two attached hydrogens (primary N) is 1. The summed E-state index contributed by atoms with van der Waals surface area (Å²) >= 11 is 0. The Hall–Kier alpha value is -1.56. The number of nitrogens with one attached hydrogen (secondary N) is 1. The molecule has 0 bridgehead atoms. The van der Waals surface area contributed by atoms with Crippen LogP contribution < -0.4 is 11.1 Å². The summed E-state index contributed by atoms with van der Waals surface area (Å²) < 4.78 is 1.56. The number of aromatic nitrogens is 2. The Morgan fingerprint density at radius 3 is 2.89 bits per heavy atom. The Labute approximate surface area is 113 Å². The standard InChI is InChI=1S/C13H23N5O/c1-10(11-3-5-17(2)6-4-11)16-12-7-15-18(8-12)9-13(14)19/h7-8,10-11,16H,3-6,9H2,1-2H3,(H2,14,19). The number of hydrogen-bond donors (Lipinski definition) is 2. The van der Waals surface area contributed by atoms with Gasteiger partial charge in [0, 0.05) is 12.2 Å². The SMILES string of the molecule is CC(Nc1cnn(CC(N)=O)c1)C1CCN(C)CC1. The van der Waals surface area contributed by atoms with Crippen LogP contribution in [0.4, 0.5) is 5.69 Å². The van der Waals surface area contributed by atoms with E-state index in [0.29, 0.717) is 12.0 Å². The van der Waals surface area contributed by atoms with E-state index in [9.17, 15) is 4.79 Å². The van der Waals surface area contributed by atoms with Crippen molar-refractivity contribution >= 4 is 11.6 Å². The van der Waals surface area contributed by atoms with Crippen LogP contribution in [0.25, 0.3) is 0 Å². The average molecular weight is 265 g/mol. The van der Waals surface area contributed by atoms with Gasteiger partial charge in [-0.15, -0.1) is 0 Å². The molecule has 2 rings (SSSR count). The van der Waals surface area contributed by atoms with Crippen LogP contribution in [0.5, 0.6) is 0 Å². The van der Waals surface area contributed by atoms with E-state index in [0.717, 1.165) is 18.8 Å². The Bertz CT molecular complexity index is 422. The van der Waals surface area contributed by atoms with Crippen LogP contribution in [0.2, 0.25) is 0 Å². The highest BCUT2D eigenvalue weighted by Gasteiger charge is 2.22. The molecule has 3 N–H and O–H groups in total. The highest BCUT2D eigenvalue weighted by Crippen LogP contribution is 2.22. The van der Waals surface area contributed by atoms with E-state index in [-0.39, 0.29) is 12.5 Å². The fourth-order valence-electron chi connectivity index (χ4n) is 2.59. The molecular weight excluding hydrogens is 242 g/mol. The second-order valence-corrected chi connectivity index (χ2v) is 5.47. The van der Waals surface area contributed by atoms with Crippen LogP contribution >= 0.6 is 0 Å². The molecule has 1 aliphatic rings. The van der Waals surface area contributed by atoms with E-state index in [2.05, 4.69) is 29.3 Å². The van der Waals surface area contributed by atoms with Gasteiger partial charge in [0.2, 0.25) is 5.91 Å². The van der Waals surface area contributed by atoms with Crippen LogP contribution in [0, 0.1) is 5.92 Å². The number of hydrogen-bond acceptors (Lipinski definition) is 4. The Morgan fingerprint density at radius 1 is 1.58 bits per heavy atom. The van der Waals surface area contributed by atoms with Gasteiger partial charge in [0.1, 0.15) is 6.54 Å². The van der Waals surface area contributed by atoms with E-state index in [1.807, 2.05) is 6.20 Å². The second kappa shape index (κ2) is 6.06. The molecular formula is C13H23N5O. The zero-order chi connectivity index (χ0) is 13.8. The van der Waals surface area contributed by atoms with Crippen LogP contribution in [0.1, 0.15) is 19.8 Å². The zero-order valence-electron chi connectivity index (χ0n) is 11.7. The Balaban J connectivity index is 1.86. The van der Waals surface area contributed by atoms with Crippen molar-refractivity contribution in [2.24, 2.45) is 11.7 Å². The monoisotopic (exact) mass is 265 g/mol. The average Bonchev–Trinajstić information content (AvgIpc) is 2.76. The molecule has 1 fully saturated rings. The van der Waals surface area contributed by atoms with Crippen LogP contribution in [-0.2, 0) is 11.3 Å². The smallest absolute Gasteiger partial charge is 0.239 e. The van der Waals surface area contributed by atoms with Gasteiger partial charge in [0.25, 0.3) is 0 Å². The third-order valence-corrected chi connectivity index (χ3v) is 3.82. The van der Waals surface area contributed by atoms with Crippen molar-refractivity contribution < 1.29 is 4.79 Å². The Kier molecular flexibility index (Phi) is 4.42. The van der Waals surface area contributed by atoms with E-state index >= 15 is 0 Å². The van der Waals surface area contributed by atoms with Crippen molar-refractivity contribution in [1.29, 1.82) is 0 Å². The fourth-order valence-corrected chi connectivity index (χ4v) is 2.59. The minimum absolute atomic E-state index is 0.129. The van der Waals surface area contributed by atoms with Crippen molar-refractivity contribution in [2.75, 3.05) is 25.5 Å². The summed E-state index contributed by atoms with van der Waals surface area (Å²) in [6.45, 7) is 4.67. The molecule has 6 nitrogen and oxygen atoms in total. The number of likely N-dealkylation sites (tertiary alicyclic amines) is 1. The van der Waals surface area contributed by atoms with Crippen molar-refractivity contribution in [3.8, 4) is 0 Å². The molecule has 0 spiro atoms. The molecule has 1 aromatic heterocycles. The molecule has 1 unspecified atom stereocenters. The number of anilines is 1. The van der Waals surface area contributed by atoms with E-state index in [1.54, 1.807) is 10.9 Å². The normalized spacial score (nSPS) is 19.3. The molecule has 1 atom stereocenters. The van der Waals surface area contributed by atoms with Crippen molar-refractivity contribution in [1.82, 2.24) is 14.7 Å². The molecule has 1 aliphatic heterocycles. The topological polar surface area (TPSA) is 76.2 Å². The maximum absolute atomic E-state index is 10.8. The summed E-state index contributed by atoms with van der Waals surface area (Å²) in [5, 5.41) is 7.58. The number of carbonyl (C=O) groups is 1. The van der Waals surface area contributed by atoms with Gasteiger partial charge >= 0.3 is 0 Å². The molecule has 1 aromatic rings. The van der Waals surface area contributed by atoms with Gasteiger partial charge in [0.05, 0.1) is 11.9 Å². The van der Waals surface area contributed by atoms with Crippen molar-refractivity contribution in [3.05, 3.63) is 12.4 Å². The number of amides is 1. The zero-order valence-corrected chi connectivity index (χ0v) is 11.7. The Morgan fingerprint density at radius 2 is 2.26 bits per heavy atom. The molecule has 0 aliphatic carbocycles. The maximum atomic E-state index is 10.8. The molecule has 0 saturated carbocycles. The predicted molar refractivity (Wildman–Crippen MR) is 74.7 cm³/mol. The molecule has 0 radical (unpaired) electrons. The predicted octanol–water partition coefficient (Wildman–Crippen LogP) is 0.511. The summed E-state index contributed by atoms with van der Waals surface area (Å²) in [7, 11) is 2.17. The molecule has 0 aromatic carbocycles. The molecule has 1 saturated heterocycles. The first-order valence-corrected chi connectivity index (χ1v) is 6.80. The minimum atomic E-state index is -0.377. The van der Waals surface area contributed by atoms with Gasteiger partial charge in [-0.3, -0.25) is 9.48 Å². The van der Waals surface area contributed by atoms with Crippen LogP contribution in [-0.4, -0.2) is 46.8 Å². The maximum Gasteiger partial charge on any atom is 0.239 e. The van der Waals surface area contributed by atoms with Crippen molar-refractivity contribution in [3.63, 3.8) is 0 Å². The first-order valence-electron chi connectivity index (χ1n) is 6.80. The van der Waals surface area contributed by atoms with Gasteiger partial charge < -0.3 is 16.0 Å².